The molecule has 1 heterocycles. The smallest absolute Gasteiger partial charge is 0.324 e. The summed E-state index contributed by atoms with van der Waals surface area (Å²) < 4.78 is 40.7. The summed E-state index contributed by atoms with van der Waals surface area (Å²) >= 11 is 0. The summed E-state index contributed by atoms with van der Waals surface area (Å²) in [5.41, 5.74) is -5.32. The first-order chi connectivity index (χ1) is 14.2. The van der Waals surface area contributed by atoms with Crippen LogP contribution in [0.5, 0.6) is 0 Å². The Labute approximate surface area is 169 Å². The lowest BCUT2D eigenvalue weighted by atomic mass is 9.49. The van der Waals surface area contributed by atoms with Crippen LogP contribution >= 0.6 is 0 Å². The fourth-order valence-electron chi connectivity index (χ4n) is 4.80. The molecule has 0 aromatic heterocycles. The molecular formula is C22H14F3N3O2. The van der Waals surface area contributed by atoms with Crippen LogP contribution < -0.4 is 5.32 Å². The van der Waals surface area contributed by atoms with Gasteiger partial charge in [-0.15, -0.1) is 0 Å². The summed E-state index contributed by atoms with van der Waals surface area (Å²) in [7, 11) is 0. The number of carbonyl (C=O) groups excluding carboxylic acids is 2. The van der Waals surface area contributed by atoms with Crippen molar-refractivity contribution >= 4 is 17.4 Å². The molecule has 30 heavy (non-hydrogen) atoms. The van der Waals surface area contributed by atoms with Gasteiger partial charge >= 0.3 is 6.18 Å². The van der Waals surface area contributed by atoms with E-state index in [1.807, 2.05) is 12.1 Å². The maximum Gasteiger partial charge on any atom is 0.418 e. The lowest BCUT2D eigenvalue weighted by molar-refractivity contribution is -0.137. The predicted octanol–water partition coefficient (Wildman–Crippen LogP) is 4.08. The lowest BCUT2D eigenvalue weighted by Crippen LogP contribution is -2.56. The summed E-state index contributed by atoms with van der Waals surface area (Å²) in [4.78, 5) is 26.0. The third-order valence-corrected chi connectivity index (χ3v) is 6.10. The van der Waals surface area contributed by atoms with E-state index in [4.69, 9.17) is 0 Å². The summed E-state index contributed by atoms with van der Waals surface area (Å²) in [6.07, 6.45) is -5.43. The molecule has 0 bridgehead atoms. The molecule has 2 atom stereocenters. The van der Waals surface area contributed by atoms with Crippen LogP contribution in [0.1, 0.15) is 35.4 Å². The number of anilines is 1. The van der Waals surface area contributed by atoms with E-state index in [0.29, 0.717) is 5.56 Å². The van der Waals surface area contributed by atoms with Gasteiger partial charge in [-0.05, 0) is 17.2 Å². The highest BCUT2D eigenvalue weighted by atomic mass is 19.4. The number of fused-ring (bicyclic) bond motifs is 2. The molecular weight excluding hydrogens is 395 g/mol. The number of nitriles is 2. The van der Waals surface area contributed by atoms with Gasteiger partial charge in [0.2, 0.25) is 5.91 Å². The minimum absolute atomic E-state index is 0.139. The van der Waals surface area contributed by atoms with Crippen LogP contribution in [0.4, 0.5) is 18.9 Å². The Morgan fingerprint density at radius 3 is 2.27 bits per heavy atom. The van der Waals surface area contributed by atoms with E-state index in [-0.39, 0.29) is 12.0 Å². The van der Waals surface area contributed by atoms with Crippen molar-refractivity contribution in [2.75, 3.05) is 5.32 Å². The van der Waals surface area contributed by atoms with Crippen LogP contribution in [-0.2, 0) is 21.2 Å². The number of nitrogens with zero attached hydrogens (tertiary/aromatic N) is 2. The second-order valence-electron chi connectivity index (χ2n) is 7.50. The van der Waals surface area contributed by atoms with Gasteiger partial charge in [-0.2, -0.15) is 23.7 Å². The molecule has 8 heteroatoms. The molecule has 1 N–H and O–H groups in total. The third kappa shape index (κ3) is 2.40. The zero-order valence-corrected chi connectivity index (χ0v) is 15.5. The minimum Gasteiger partial charge on any atom is -0.324 e. The molecule has 1 saturated carbocycles. The van der Waals surface area contributed by atoms with E-state index in [2.05, 4.69) is 5.32 Å². The van der Waals surface area contributed by atoms with Crippen molar-refractivity contribution in [2.24, 2.45) is 5.41 Å². The molecule has 150 valence electrons. The highest BCUT2D eigenvalue weighted by molar-refractivity contribution is 6.11. The molecule has 1 aliphatic carbocycles. The first-order valence-corrected chi connectivity index (χ1v) is 9.12. The number of hydrogen-bond acceptors (Lipinski definition) is 4. The van der Waals surface area contributed by atoms with Crippen molar-refractivity contribution in [3.8, 4) is 12.1 Å². The standard InChI is InChI=1S/C22H14F3N3O2/c23-22(24,25)16-8-4-7-15-18(16)28-19(30)21(15)10-14(29)9-17(20(21,11-26)12-27)13-5-2-1-3-6-13/h1-8,17H,9-10H2,(H,28,30)/t17-,21-/m1/s1. The molecule has 1 aliphatic heterocycles. The second-order valence-corrected chi connectivity index (χ2v) is 7.50. The van der Waals surface area contributed by atoms with Gasteiger partial charge in [0, 0.05) is 18.8 Å². The van der Waals surface area contributed by atoms with E-state index in [0.717, 1.165) is 12.1 Å². The molecule has 2 aliphatic rings. The maximum absolute atomic E-state index is 13.6. The lowest BCUT2D eigenvalue weighted by Gasteiger charge is -2.46. The highest BCUT2D eigenvalue weighted by Crippen LogP contribution is 2.62. The van der Waals surface area contributed by atoms with Gasteiger partial charge in [0.15, 0.2) is 5.41 Å². The van der Waals surface area contributed by atoms with Gasteiger partial charge in [-0.1, -0.05) is 42.5 Å². The highest BCUT2D eigenvalue weighted by Gasteiger charge is 2.69. The van der Waals surface area contributed by atoms with Crippen molar-refractivity contribution in [1.29, 1.82) is 10.5 Å². The van der Waals surface area contributed by atoms with Crippen LogP contribution in [0, 0.1) is 28.1 Å². The zero-order chi connectivity index (χ0) is 21.7. The summed E-state index contributed by atoms with van der Waals surface area (Å²) in [6.45, 7) is 0. The van der Waals surface area contributed by atoms with Gasteiger partial charge in [-0.3, -0.25) is 9.59 Å². The molecule has 2 aromatic rings. The van der Waals surface area contributed by atoms with Gasteiger partial charge in [0.05, 0.1) is 23.4 Å². The first-order valence-electron chi connectivity index (χ1n) is 9.12. The molecule has 0 saturated heterocycles. The molecule has 1 amide bonds. The average molecular weight is 409 g/mol. The van der Waals surface area contributed by atoms with Gasteiger partial charge < -0.3 is 5.32 Å². The number of amides is 1. The van der Waals surface area contributed by atoms with E-state index in [9.17, 15) is 33.3 Å². The number of para-hydroxylation sites is 1. The Hall–Kier alpha value is -3.65. The third-order valence-electron chi connectivity index (χ3n) is 6.10. The SMILES string of the molecule is N#CC1(C#N)[C@@H](c2ccccc2)CC(=O)C[C@@]12C(=O)Nc1c(C(F)(F)F)cccc12. The summed E-state index contributed by atoms with van der Waals surface area (Å²) in [5, 5.41) is 22.6. The Morgan fingerprint density at radius 1 is 1.00 bits per heavy atom. The van der Waals surface area contributed by atoms with Crippen molar-refractivity contribution in [3.05, 3.63) is 65.2 Å². The largest absolute Gasteiger partial charge is 0.418 e. The molecule has 1 fully saturated rings. The maximum atomic E-state index is 13.6. The van der Waals surface area contributed by atoms with E-state index >= 15 is 0 Å². The number of halogens is 3. The van der Waals surface area contributed by atoms with Crippen molar-refractivity contribution in [1.82, 2.24) is 0 Å². The monoisotopic (exact) mass is 409 g/mol. The second kappa shape index (κ2) is 6.43. The minimum atomic E-state index is -4.76. The number of ketones is 1. The van der Waals surface area contributed by atoms with Crippen LogP contribution in [-0.4, -0.2) is 11.7 Å². The summed E-state index contributed by atoms with van der Waals surface area (Å²) in [6, 6.07) is 15.5. The number of hydrogen-bond donors (Lipinski definition) is 1. The molecule has 0 radical (unpaired) electrons. The van der Waals surface area contributed by atoms with Crippen LogP contribution in [0.2, 0.25) is 0 Å². The van der Waals surface area contributed by atoms with Gasteiger partial charge in [-0.25, -0.2) is 0 Å². The zero-order valence-electron chi connectivity index (χ0n) is 15.5. The van der Waals surface area contributed by atoms with Crippen molar-refractivity contribution in [3.63, 3.8) is 0 Å². The van der Waals surface area contributed by atoms with Crippen molar-refractivity contribution < 1.29 is 22.8 Å². The Kier molecular flexibility index (Phi) is 4.21. The van der Waals surface area contributed by atoms with Crippen molar-refractivity contribution in [2.45, 2.75) is 30.4 Å². The van der Waals surface area contributed by atoms with E-state index in [1.165, 1.54) is 6.07 Å². The number of Topliss-reactive ketones (excluding diaryl/α,β-unsaturated/α-hetero) is 1. The molecule has 4 rings (SSSR count). The van der Waals surface area contributed by atoms with Gasteiger partial charge in [0.1, 0.15) is 11.2 Å². The Balaban J connectivity index is 2.05. The first kappa shape index (κ1) is 19.7. The number of alkyl halides is 3. The predicted molar refractivity (Wildman–Crippen MR) is 98.8 cm³/mol. The van der Waals surface area contributed by atoms with Crippen LogP contribution in [0.3, 0.4) is 0 Å². The van der Waals surface area contributed by atoms with Crippen LogP contribution in [0.25, 0.3) is 0 Å². The Morgan fingerprint density at radius 2 is 1.67 bits per heavy atom. The summed E-state index contributed by atoms with van der Waals surface area (Å²) in [5.74, 6) is -2.31. The molecule has 2 aromatic carbocycles. The fourth-order valence-corrected chi connectivity index (χ4v) is 4.80. The average Bonchev–Trinajstić information content (AvgIpc) is 3.00. The molecule has 1 spiro atoms. The van der Waals surface area contributed by atoms with E-state index in [1.54, 1.807) is 30.3 Å². The van der Waals surface area contributed by atoms with Gasteiger partial charge in [0.25, 0.3) is 0 Å². The number of nitrogens with one attached hydrogen (secondary N) is 1. The number of rotatable bonds is 1. The number of benzene rings is 2. The van der Waals surface area contributed by atoms with Crippen LogP contribution in [0.15, 0.2) is 48.5 Å². The normalized spacial score (nSPS) is 24.6. The topological polar surface area (TPSA) is 93.8 Å². The van der Waals surface area contributed by atoms with E-state index < -0.39 is 52.3 Å². The molecule has 5 nitrogen and oxygen atoms in total. The Bertz CT molecular complexity index is 1130. The molecule has 0 unspecified atom stereocenters. The fraction of sp³-hybridized carbons (Fsp3) is 0.273. The number of carbonyl (C=O) groups is 2. The quantitative estimate of drug-likeness (QED) is 0.768.